The number of rotatable bonds is 8. The molecule has 1 fully saturated rings. The summed E-state index contributed by atoms with van der Waals surface area (Å²) in [4.78, 5) is -0.500. The van der Waals surface area contributed by atoms with E-state index in [9.17, 15) is 13.5 Å². The molecule has 0 atom stereocenters. The number of sulfonamides is 1. The maximum atomic E-state index is 15.0. The molecule has 7 nitrogen and oxygen atoms in total. The van der Waals surface area contributed by atoms with Gasteiger partial charge >= 0.3 is 0 Å². The van der Waals surface area contributed by atoms with Crippen LogP contribution in [0.3, 0.4) is 0 Å². The van der Waals surface area contributed by atoms with E-state index in [2.05, 4.69) is 24.8 Å². The summed E-state index contributed by atoms with van der Waals surface area (Å²) in [5, 5.41) is 14.0. The SMILES string of the molecule is COc1cccc(F)c1S(=O)(=O)N(CC[Si](C)(C)C)c1noc2c1CC1(CC1)c1ccc(CO)cc1-2. The lowest BCUT2D eigenvalue weighted by Crippen LogP contribution is -2.37. The van der Waals surface area contributed by atoms with Crippen molar-refractivity contribution in [2.75, 3.05) is 18.0 Å². The van der Waals surface area contributed by atoms with Crippen LogP contribution in [0.1, 0.15) is 29.5 Å². The number of aliphatic hydroxyl groups is 1. The van der Waals surface area contributed by atoms with Crippen LogP contribution in [0.2, 0.25) is 25.7 Å². The molecule has 192 valence electrons. The highest BCUT2D eigenvalue weighted by Gasteiger charge is 2.51. The summed E-state index contributed by atoms with van der Waals surface area (Å²) in [5.41, 5.74) is 3.34. The van der Waals surface area contributed by atoms with Gasteiger partial charge in [-0.2, -0.15) is 0 Å². The maximum Gasteiger partial charge on any atom is 0.272 e. The highest BCUT2D eigenvalue weighted by molar-refractivity contribution is 7.93. The molecule has 2 aliphatic carbocycles. The van der Waals surface area contributed by atoms with Gasteiger partial charge in [0.25, 0.3) is 10.0 Å². The van der Waals surface area contributed by atoms with Crippen molar-refractivity contribution >= 4 is 23.9 Å². The van der Waals surface area contributed by atoms with E-state index in [0.717, 1.165) is 35.6 Å². The minimum absolute atomic E-state index is 0.0537. The van der Waals surface area contributed by atoms with Gasteiger partial charge in [0.1, 0.15) is 11.6 Å². The van der Waals surface area contributed by atoms with Gasteiger partial charge in [-0.1, -0.05) is 43.0 Å². The van der Waals surface area contributed by atoms with E-state index < -0.39 is 28.8 Å². The van der Waals surface area contributed by atoms with E-state index >= 15 is 4.39 Å². The van der Waals surface area contributed by atoms with Crippen LogP contribution in [-0.2, 0) is 28.5 Å². The fraction of sp³-hybridized carbons (Fsp3) is 0.423. The van der Waals surface area contributed by atoms with E-state index in [1.165, 1.54) is 23.5 Å². The summed E-state index contributed by atoms with van der Waals surface area (Å²) in [6.45, 7) is 6.52. The van der Waals surface area contributed by atoms with Crippen molar-refractivity contribution in [2.24, 2.45) is 0 Å². The van der Waals surface area contributed by atoms with Gasteiger partial charge in [0.05, 0.1) is 13.7 Å². The molecule has 2 aromatic carbocycles. The van der Waals surface area contributed by atoms with Crippen molar-refractivity contribution in [1.82, 2.24) is 5.16 Å². The predicted octanol–water partition coefficient (Wildman–Crippen LogP) is 5.10. The standard InChI is InChI=1S/C26H31FN2O5SSi/c1-33-22-7-5-6-21(27)24(22)35(31,32)29(12-13-36(2,3)4)25-19-15-26(10-11-26)20-9-8-17(16-30)14-18(20)23(19)34-28-25/h5-9,14,30H,10-13,15-16H2,1-4H3. The number of hydrogen-bond donors (Lipinski definition) is 1. The Morgan fingerprint density at radius 3 is 2.61 bits per heavy atom. The first-order valence-electron chi connectivity index (χ1n) is 12.1. The van der Waals surface area contributed by atoms with Crippen LogP contribution in [0.25, 0.3) is 11.3 Å². The Kier molecular flexibility index (Phi) is 6.04. The van der Waals surface area contributed by atoms with Gasteiger partial charge in [-0.15, -0.1) is 0 Å². The molecule has 1 heterocycles. The summed E-state index contributed by atoms with van der Waals surface area (Å²) < 4.78 is 55.4. The number of hydrogen-bond acceptors (Lipinski definition) is 6. The second-order valence-corrected chi connectivity index (χ2v) is 18.4. The zero-order valence-corrected chi connectivity index (χ0v) is 22.8. The highest BCUT2D eigenvalue weighted by Crippen LogP contribution is 2.59. The van der Waals surface area contributed by atoms with Gasteiger partial charge in [-0.25, -0.2) is 17.1 Å². The number of ether oxygens (including phenoxy) is 1. The molecule has 2 aliphatic rings. The van der Waals surface area contributed by atoms with E-state index in [4.69, 9.17) is 9.26 Å². The molecule has 0 amide bonds. The van der Waals surface area contributed by atoms with E-state index in [0.29, 0.717) is 23.8 Å². The molecule has 1 saturated carbocycles. The van der Waals surface area contributed by atoms with E-state index in [1.54, 1.807) is 0 Å². The molecule has 0 unspecified atom stereocenters. The number of benzene rings is 2. The third kappa shape index (κ3) is 4.14. The lowest BCUT2D eigenvalue weighted by molar-refractivity contribution is 0.282. The number of halogens is 1. The largest absolute Gasteiger partial charge is 0.495 e. The molecule has 1 aromatic heterocycles. The van der Waals surface area contributed by atoms with Crippen LogP contribution >= 0.6 is 0 Å². The molecular formula is C26H31FN2O5SSi. The zero-order chi connectivity index (χ0) is 25.9. The molecule has 5 rings (SSSR count). The molecule has 3 aromatic rings. The fourth-order valence-electron chi connectivity index (χ4n) is 5.03. The van der Waals surface area contributed by atoms with Crippen LogP contribution in [0.5, 0.6) is 5.75 Å². The Labute approximate surface area is 211 Å². The Hall–Kier alpha value is -2.69. The van der Waals surface area contributed by atoms with E-state index in [1.807, 2.05) is 18.2 Å². The smallest absolute Gasteiger partial charge is 0.272 e. The number of aromatic nitrogens is 1. The van der Waals surface area contributed by atoms with Crippen LogP contribution in [-0.4, -0.2) is 40.4 Å². The maximum absolute atomic E-state index is 15.0. The molecular weight excluding hydrogens is 499 g/mol. The molecule has 10 heteroatoms. The second kappa shape index (κ2) is 8.71. The Morgan fingerprint density at radius 1 is 1.22 bits per heavy atom. The molecule has 0 aliphatic heterocycles. The van der Waals surface area contributed by atoms with Crippen molar-refractivity contribution in [3.63, 3.8) is 0 Å². The first-order valence-corrected chi connectivity index (χ1v) is 17.2. The van der Waals surface area contributed by atoms with E-state index in [-0.39, 0.29) is 30.1 Å². The first kappa shape index (κ1) is 25.0. The van der Waals surface area contributed by atoms with Crippen LogP contribution in [0, 0.1) is 5.82 Å². The first-order chi connectivity index (χ1) is 17.0. The topological polar surface area (TPSA) is 92.9 Å². The van der Waals surface area contributed by atoms with Crippen molar-refractivity contribution < 1.29 is 27.2 Å². The Balaban J connectivity index is 1.68. The molecule has 1 spiro atoms. The molecule has 0 bridgehead atoms. The van der Waals surface area contributed by atoms with Gasteiger partial charge < -0.3 is 14.4 Å². The summed E-state index contributed by atoms with van der Waals surface area (Å²) >= 11 is 0. The minimum atomic E-state index is -4.37. The normalized spacial score (nSPS) is 15.9. The van der Waals surface area contributed by atoms with Crippen molar-refractivity contribution in [3.8, 4) is 17.1 Å². The van der Waals surface area contributed by atoms with Gasteiger partial charge in [-0.3, -0.25) is 0 Å². The summed E-state index contributed by atoms with van der Waals surface area (Å²) in [7, 11) is -4.73. The Bertz CT molecular complexity index is 1430. The van der Waals surface area contributed by atoms with Crippen LogP contribution < -0.4 is 9.04 Å². The molecule has 0 radical (unpaired) electrons. The average molecular weight is 531 g/mol. The van der Waals surface area contributed by atoms with Gasteiger partial charge in [-0.05, 0) is 54.6 Å². The van der Waals surface area contributed by atoms with Crippen molar-refractivity contribution in [3.05, 3.63) is 58.9 Å². The number of methoxy groups -OCH3 is 1. The highest BCUT2D eigenvalue weighted by atomic mass is 32.2. The number of fused-ring (bicyclic) bond motifs is 4. The average Bonchev–Trinajstić information content (AvgIpc) is 3.48. The van der Waals surface area contributed by atoms with Crippen LogP contribution in [0.4, 0.5) is 10.2 Å². The van der Waals surface area contributed by atoms with Crippen molar-refractivity contribution in [1.29, 1.82) is 0 Å². The fourth-order valence-corrected chi connectivity index (χ4v) is 7.73. The lowest BCUT2D eigenvalue weighted by atomic mass is 9.79. The van der Waals surface area contributed by atoms with Gasteiger partial charge in [0.2, 0.25) is 0 Å². The number of aliphatic hydroxyl groups excluding tert-OH is 1. The molecule has 0 saturated heterocycles. The monoisotopic (exact) mass is 530 g/mol. The molecule has 36 heavy (non-hydrogen) atoms. The Morgan fingerprint density at radius 2 is 1.97 bits per heavy atom. The third-order valence-corrected chi connectivity index (χ3v) is 10.8. The number of anilines is 1. The summed E-state index contributed by atoms with van der Waals surface area (Å²) in [6, 6.07) is 10.5. The third-order valence-electron chi connectivity index (χ3n) is 7.22. The molecule has 1 N–H and O–H groups in total. The predicted molar refractivity (Wildman–Crippen MR) is 138 cm³/mol. The minimum Gasteiger partial charge on any atom is -0.495 e. The van der Waals surface area contributed by atoms with Crippen molar-refractivity contribution in [2.45, 2.75) is 61.9 Å². The number of nitrogens with zero attached hydrogens (tertiary/aromatic N) is 2. The van der Waals surface area contributed by atoms with Gasteiger partial charge in [0.15, 0.2) is 16.5 Å². The quantitative estimate of drug-likeness (QED) is 0.407. The second-order valence-electron chi connectivity index (χ2n) is 11.0. The summed E-state index contributed by atoms with van der Waals surface area (Å²) in [5.74, 6) is -0.204. The summed E-state index contributed by atoms with van der Waals surface area (Å²) in [6.07, 6.45) is 2.55. The zero-order valence-electron chi connectivity index (χ0n) is 21.0. The van der Waals surface area contributed by atoms with Crippen LogP contribution in [0.15, 0.2) is 45.8 Å². The lowest BCUT2D eigenvalue weighted by Gasteiger charge is -2.29. The van der Waals surface area contributed by atoms with Gasteiger partial charge in [0, 0.05) is 31.2 Å².